The van der Waals surface area contributed by atoms with Crippen LogP contribution in [0.2, 0.25) is 0 Å². The van der Waals surface area contributed by atoms with E-state index in [2.05, 4.69) is 23.5 Å². The second-order valence-electron chi connectivity index (χ2n) is 6.32. The van der Waals surface area contributed by atoms with Gasteiger partial charge >= 0.3 is 0 Å². The van der Waals surface area contributed by atoms with E-state index in [-0.39, 0.29) is 6.10 Å². The molecule has 1 aliphatic heterocycles. The zero-order valence-corrected chi connectivity index (χ0v) is 15.2. The number of methoxy groups -OCH3 is 2. The van der Waals surface area contributed by atoms with Crippen molar-refractivity contribution < 1.29 is 14.2 Å². The van der Waals surface area contributed by atoms with Gasteiger partial charge in [-0.2, -0.15) is 5.10 Å². The van der Waals surface area contributed by atoms with Crippen LogP contribution in [0.25, 0.3) is 0 Å². The number of hydrogen-bond donors (Lipinski definition) is 1. The SMILES string of the molecule is CCn1cc([C@@H]2OCC[C@@H]2CNCc2cc(OC)cc(OC)c2)cn1. The Labute approximate surface area is 149 Å². The van der Waals surface area contributed by atoms with Crippen LogP contribution in [0.5, 0.6) is 11.5 Å². The molecule has 0 saturated carbocycles. The fourth-order valence-corrected chi connectivity index (χ4v) is 3.28. The van der Waals surface area contributed by atoms with Gasteiger partial charge in [-0.05, 0) is 31.0 Å². The summed E-state index contributed by atoms with van der Waals surface area (Å²) in [5, 5.41) is 7.92. The van der Waals surface area contributed by atoms with E-state index >= 15 is 0 Å². The topological polar surface area (TPSA) is 57.5 Å². The predicted octanol–water partition coefficient (Wildman–Crippen LogP) is 2.79. The number of nitrogens with zero attached hydrogens (tertiary/aromatic N) is 2. The van der Waals surface area contributed by atoms with Gasteiger partial charge < -0.3 is 19.5 Å². The summed E-state index contributed by atoms with van der Waals surface area (Å²) in [5.74, 6) is 2.08. The molecule has 0 unspecified atom stereocenters. The monoisotopic (exact) mass is 345 g/mol. The van der Waals surface area contributed by atoms with Gasteiger partial charge in [0.15, 0.2) is 0 Å². The minimum absolute atomic E-state index is 0.132. The number of nitrogens with one attached hydrogen (secondary N) is 1. The van der Waals surface area contributed by atoms with Crippen LogP contribution >= 0.6 is 0 Å². The van der Waals surface area contributed by atoms with Crippen molar-refractivity contribution in [3.8, 4) is 11.5 Å². The van der Waals surface area contributed by atoms with Crippen LogP contribution in [0.15, 0.2) is 30.6 Å². The molecule has 0 amide bonds. The lowest BCUT2D eigenvalue weighted by molar-refractivity contribution is 0.0903. The molecular formula is C19H27N3O3. The van der Waals surface area contributed by atoms with Crippen LogP contribution in [-0.2, 0) is 17.8 Å². The fourth-order valence-electron chi connectivity index (χ4n) is 3.28. The third kappa shape index (κ3) is 4.32. The van der Waals surface area contributed by atoms with Gasteiger partial charge in [-0.25, -0.2) is 0 Å². The van der Waals surface area contributed by atoms with Crippen molar-refractivity contribution in [2.75, 3.05) is 27.4 Å². The van der Waals surface area contributed by atoms with E-state index in [0.717, 1.165) is 49.7 Å². The first-order chi connectivity index (χ1) is 12.2. The summed E-state index contributed by atoms with van der Waals surface area (Å²) in [5.41, 5.74) is 2.32. The lowest BCUT2D eigenvalue weighted by Crippen LogP contribution is -2.24. The number of ether oxygens (including phenoxy) is 3. The van der Waals surface area contributed by atoms with Gasteiger partial charge in [0.05, 0.1) is 26.5 Å². The Hall–Kier alpha value is -2.05. The maximum absolute atomic E-state index is 5.95. The van der Waals surface area contributed by atoms with Crippen molar-refractivity contribution in [3.63, 3.8) is 0 Å². The lowest BCUT2D eigenvalue weighted by Gasteiger charge is -2.18. The van der Waals surface area contributed by atoms with E-state index in [4.69, 9.17) is 14.2 Å². The van der Waals surface area contributed by atoms with Gasteiger partial charge in [-0.3, -0.25) is 4.68 Å². The maximum Gasteiger partial charge on any atom is 0.122 e. The molecule has 0 radical (unpaired) electrons. The molecule has 0 aliphatic carbocycles. The lowest BCUT2D eigenvalue weighted by atomic mass is 9.97. The van der Waals surface area contributed by atoms with E-state index in [9.17, 15) is 0 Å². The van der Waals surface area contributed by atoms with Gasteiger partial charge in [-0.1, -0.05) is 0 Å². The summed E-state index contributed by atoms with van der Waals surface area (Å²) in [6.45, 7) is 5.45. The number of aryl methyl sites for hydroxylation is 1. The highest BCUT2D eigenvalue weighted by molar-refractivity contribution is 5.38. The van der Waals surface area contributed by atoms with Crippen LogP contribution < -0.4 is 14.8 Å². The quantitative estimate of drug-likeness (QED) is 0.797. The molecule has 1 aromatic heterocycles. The summed E-state index contributed by atoms with van der Waals surface area (Å²) >= 11 is 0. The molecule has 1 N–H and O–H groups in total. The number of aromatic nitrogens is 2. The summed E-state index contributed by atoms with van der Waals surface area (Å²) < 4.78 is 18.6. The van der Waals surface area contributed by atoms with Crippen molar-refractivity contribution in [3.05, 3.63) is 41.7 Å². The molecule has 2 atom stereocenters. The largest absolute Gasteiger partial charge is 0.497 e. The molecular weight excluding hydrogens is 318 g/mol. The smallest absolute Gasteiger partial charge is 0.122 e. The van der Waals surface area contributed by atoms with Gasteiger partial charge in [-0.15, -0.1) is 0 Å². The van der Waals surface area contributed by atoms with Crippen molar-refractivity contribution in [2.24, 2.45) is 5.92 Å². The first-order valence-electron chi connectivity index (χ1n) is 8.80. The van der Waals surface area contributed by atoms with Crippen molar-refractivity contribution in [1.82, 2.24) is 15.1 Å². The minimum atomic E-state index is 0.132. The van der Waals surface area contributed by atoms with Crippen LogP contribution in [0.3, 0.4) is 0 Å². The van der Waals surface area contributed by atoms with Crippen molar-refractivity contribution in [1.29, 1.82) is 0 Å². The molecule has 1 aliphatic rings. The second-order valence-corrected chi connectivity index (χ2v) is 6.32. The molecule has 0 bridgehead atoms. The third-order valence-corrected chi connectivity index (χ3v) is 4.67. The molecule has 2 heterocycles. The predicted molar refractivity (Wildman–Crippen MR) is 96.0 cm³/mol. The Bertz CT molecular complexity index is 664. The number of benzene rings is 1. The van der Waals surface area contributed by atoms with Gasteiger partial charge in [0.1, 0.15) is 11.5 Å². The number of hydrogen-bond acceptors (Lipinski definition) is 5. The summed E-state index contributed by atoms with van der Waals surface area (Å²) in [4.78, 5) is 0. The molecule has 136 valence electrons. The zero-order chi connectivity index (χ0) is 17.6. The second kappa shape index (κ2) is 8.36. The minimum Gasteiger partial charge on any atom is -0.497 e. The average molecular weight is 345 g/mol. The third-order valence-electron chi connectivity index (χ3n) is 4.67. The molecule has 1 fully saturated rings. The van der Waals surface area contributed by atoms with Gasteiger partial charge in [0.2, 0.25) is 0 Å². The van der Waals surface area contributed by atoms with E-state index in [1.165, 1.54) is 5.56 Å². The fraction of sp³-hybridized carbons (Fsp3) is 0.526. The van der Waals surface area contributed by atoms with Crippen LogP contribution in [0, 0.1) is 5.92 Å². The standard InChI is InChI=1S/C19H27N3O3/c1-4-22-13-16(12-21-22)19-15(5-6-25-19)11-20-10-14-7-17(23-2)9-18(8-14)24-3/h7-9,12-13,15,19-20H,4-6,10-11H2,1-3H3/t15-,19-/m1/s1. The first-order valence-corrected chi connectivity index (χ1v) is 8.80. The van der Waals surface area contributed by atoms with Crippen molar-refractivity contribution >= 4 is 0 Å². The highest BCUT2D eigenvalue weighted by atomic mass is 16.5. The zero-order valence-electron chi connectivity index (χ0n) is 15.2. The number of rotatable bonds is 8. The molecule has 25 heavy (non-hydrogen) atoms. The molecule has 3 rings (SSSR count). The molecule has 0 spiro atoms. The Morgan fingerprint density at radius 2 is 2.00 bits per heavy atom. The molecule has 6 heteroatoms. The van der Waals surface area contributed by atoms with E-state index < -0.39 is 0 Å². The highest BCUT2D eigenvalue weighted by Gasteiger charge is 2.30. The Morgan fingerprint density at radius 1 is 1.24 bits per heavy atom. The Morgan fingerprint density at radius 3 is 2.64 bits per heavy atom. The highest BCUT2D eigenvalue weighted by Crippen LogP contribution is 2.34. The molecule has 6 nitrogen and oxygen atoms in total. The van der Waals surface area contributed by atoms with E-state index in [0.29, 0.717) is 5.92 Å². The van der Waals surface area contributed by atoms with E-state index in [1.54, 1.807) is 14.2 Å². The van der Waals surface area contributed by atoms with Gasteiger partial charge in [0, 0.05) is 50.0 Å². The van der Waals surface area contributed by atoms with Crippen molar-refractivity contribution in [2.45, 2.75) is 32.5 Å². The van der Waals surface area contributed by atoms with Crippen LogP contribution in [-0.4, -0.2) is 37.2 Å². The van der Waals surface area contributed by atoms with Gasteiger partial charge in [0.25, 0.3) is 0 Å². The van der Waals surface area contributed by atoms with Crippen LogP contribution in [0.1, 0.15) is 30.6 Å². The average Bonchev–Trinajstić information content (AvgIpc) is 3.30. The summed E-state index contributed by atoms with van der Waals surface area (Å²) in [7, 11) is 3.34. The van der Waals surface area contributed by atoms with Crippen LogP contribution in [0.4, 0.5) is 0 Å². The van der Waals surface area contributed by atoms with E-state index in [1.807, 2.05) is 29.1 Å². The summed E-state index contributed by atoms with van der Waals surface area (Å²) in [6, 6.07) is 5.95. The summed E-state index contributed by atoms with van der Waals surface area (Å²) in [6.07, 6.45) is 5.22. The maximum atomic E-state index is 5.95. The molecule has 2 aromatic rings. The Kier molecular flexibility index (Phi) is 5.94. The Balaban J connectivity index is 1.57. The normalized spacial score (nSPS) is 20.0. The first kappa shape index (κ1) is 17.8. The molecule has 1 aromatic carbocycles. The molecule has 1 saturated heterocycles.